The van der Waals surface area contributed by atoms with Crippen LogP contribution in [0.5, 0.6) is 11.5 Å². The van der Waals surface area contributed by atoms with Crippen molar-refractivity contribution in [2.24, 2.45) is 0 Å². The Hall–Kier alpha value is -2.38. The summed E-state index contributed by atoms with van der Waals surface area (Å²) in [5.41, 5.74) is -0.882. The summed E-state index contributed by atoms with van der Waals surface area (Å²) in [4.78, 5) is 20.1. The summed E-state index contributed by atoms with van der Waals surface area (Å²) in [6.45, 7) is -0.540. The maximum Gasteiger partial charge on any atom is 0.343 e. The Labute approximate surface area is 94.5 Å². The van der Waals surface area contributed by atoms with Gasteiger partial charge in [0.2, 0.25) is 5.82 Å². The second kappa shape index (κ2) is 5.10. The zero-order chi connectivity index (χ0) is 13.0. The van der Waals surface area contributed by atoms with Gasteiger partial charge in [-0.15, -0.1) is 0 Å². The number of nitro benzene ring substituents is 1. The smallest absolute Gasteiger partial charge is 0.343 e. The van der Waals surface area contributed by atoms with E-state index in [-0.39, 0.29) is 5.75 Å². The number of benzene rings is 1. The number of nitrogens with zero attached hydrogens (tertiary/aromatic N) is 1. The lowest BCUT2D eigenvalue weighted by Gasteiger charge is -2.06. The Morgan fingerprint density at radius 3 is 2.76 bits per heavy atom. The van der Waals surface area contributed by atoms with Gasteiger partial charge >= 0.3 is 11.7 Å². The van der Waals surface area contributed by atoms with Gasteiger partial charge in [0.15, 0.2) is 18.1 Å². The number of hydrogen-bond donors (Lipinski definition) is 1. The average Bonchev–Trinajstić information content (AvgIpc) is 2.28. The zero-order valence-electron chi connectivity index (χ0n) is 8.68. The molecule has 1 aromatic rings. The van der Waals surface area contributed by atoms with Crippen LogP contribution in [0.4, 0.5) is 10.1 Å². The molecule has 0 atom stereocenters. The molecule has 7 nitrogen and oxygen atoms in total. The highest BCUT2D eigenvalue weighted by atomic mass is 19.1. The third kappa shape index (κ3) is 3.03. The van der Waals surface area contributed by atoms with Crippen LogP contribution < -0.4 is 4.74 Å². The van der Waals surface area contributed by atoms with E-state index in [0.717, 1.165) is 7.11 Å². The first kappa shape index (κ1) is 12.7. The molecule has 1 aromatic carbocycles. The Bertz CT molecular complexity index is 461. The molecule has 0 saturated carbocycles. The Morgan fingerprint density at radius 1 is 1.59 bits per heavy atom. The Morgan fingerprint density at radius 2 is 2.24 bits per heavy atom. The van der Waals surface area contributed by atoms with Crippen LogP contribution in [0.15, 0.2) is 12.1 Å². The van der Waals surface area contributed by atoms with Crippen LogP contribution in [0, 0.1) is 15.9 Å². The van der Waals surface area contributed by atoms with Crippen molar-refractivity contribution in [2.45, 2.75) is 0 Å². The third-order valence-electron chi connectivity index (χ3n) is 1.80. The van der Waals surface area contributed by atoms with Crippen LogP contribution in [0.2, 0.25) is 0 Å². The molecule has 0 amide bonds. The number of phenols is 1. The number of halogens is 1. The lowest BCUT2D eigenvalue weighted by molar-refractivity contribution is -0.387. The molecule has 1 rings (SSSR count). The molecule has 0 aliphatic heterocycles. The Balaban J connectivity index is 2.92. The van der Waals surface area contributed by atoms with Gasteiger partial charge in [-0.1, -0.05) is 0 Å². The van der Waals surface area contributed by atoms with Crippen molar-refractivity contribution in [1.29, 1.82) is 0 Å². The number of carbonyl (C=O) groups excluding carboxylic acids is 1. The largest absolute Gasteiger partial charge is 0.504 e. The van der Waals surface area contributed by atoms with Crippen molar-refractivity contribution in [2.75, 3.05) is 13.7 Å². The van der Waals surface area contributed by atoms with Crippen molar-refractivity contribution in [3.8, 4) is 11.5 Å². The highest BCUT2D eigenvalue weighted by molar-refractivity contribution is 5.71. The molecule has 0 saturated heterocycles. The minimum atomic E-state index is -1.17. The predicted molar refractivity (Wildman–Crippen MR) is 52.2 cm³/mol. The molecule has 0 aliphatic rings. The van der Waals surface area contributed by atoms with E-state index in [1.807, 2.05) is 0 Å². The normalized spacial score (nSPS) is 9.76. The third-order valence-corrected chi connectivity index (χ3v) is 1.80. The van der Waals surface area contributed by atoms with E-state index in [9.17, 15) is 24.4 Å². The van der Waals surface area contributed by atoms with Crippen molar-refractivity contribution in [1.82, 2.24) is 0 Å². The van der Waals surface area contributed by atoms with Gasteiger partial charge in [-0.25, -0.2) is 4.79 Å². The standard InChI is InChI=1S/C9H8FNO6/c1-16-9(13)4-17-8-2-5(10)6(11(14)15)3-7(8)12/h2-3,12H,4H2,1H3. The van der Waals surface area contributed by atoms with E-state index in [2.05, 4.69) is 4.74 Å². The number of esters is 1. The maximum atomic E-state index is 13.1. The lowest BCUT2D eigenvalue weighted by atomic mass is 10.2. The summed E-state index contributed by atoms with van der Waals surface area (Å²) in [6, 6.07) is 1.22. The van der Waals surface area contributed by atoms with Crippen LogP contribution >= 0.6 is 0 Å². The van der Waals surface area contributed by atoms with E-state index >= 15 is 0 Å². The number of carbonyl (C=O) groups is 1. The minimum Gasteiger partial charge on any atom is -0.504 e. The monoisotopic (exact) mass is 245 g/mol. The Kier molecular flexibility index (Phi) is 3.81. The molecule has 0 spiro atoms. The molecule has 0 unspecified atom stereocenters. The molecule has 0 aliphatic carbocycles. The minimum absolute atomic E-state index is 0.376. The topological polar surface area (TPSA) is 98.9 Å². The first-order chi connectivity index (χ1) is 7.95. The van der Waals surface area contributed by atoms with Crippen LogP contribution in [0.1, 0.15) is 0 Å². The summed E-state index contributed by atoms with van der Waals surface area (Å²) < 4.78 is 22.1. The SMILES string of the molecule is COC(=O)COc1cc(F)c([N+](=O)[O-])cc1O. The summed E-state index contributed by atoms with van der Waals surface area (Å²) in [7, 11) is 1.13. The van der Waals surface area contributed by atoms with Crippen molar-refractivity contribution in [3.63, 3.8) is 0 Å². The molecule has 0 radical (unpaired) electrons. The van der Waals surface area contributed by atoms with Crippen LogP contribution in [0.3, 0.4) is 0 Å². The fourth-order valence-corrected chi connectivity index (χ4v) is 0.984. The van der Waals surface area contributed by atoms with E-state index in [4.69, 9.17) is 4.74 Å². The molecule has 0 bridgehead atoms. The number of phenolic OH excluding ortho intramolecular Hbond substituents is 1. The van der Waals surface area contributed by atoms with Gasteiger partial charge in [0, 0.05) is 6.07 Å². The quantitative estimate of drug-likeness (QED) is 0.482. The van der Waals surface area contributed by atoms with Gasteiger partial charge in [0.05, 0.1) is 18.1 Å². The van der Waals surface area contributed by atoms with E-state index in [1.165, 1.54) is 0 Å². The zero-order valence-corrected chi connectivity index (χ0v) is 8.68. The number of rotatable bonds is 4. The number of hydrogen-bond acceptors (Lipinski definition) is 6. The fourth-order valence-electron chi connectivity index (χ4n) is 0.984. The van der Waals surface area contributed by atoms with Crippen LogP contribution in [-0.2, 0) is 9.53 Å². The summed E-state index contributed by atoms with van der Waals surface area (Å²) in [5.74, 6) is -2.92. The molecule has 1 N–H and O–H groups in total. The van der Waals surface area contributed by atoms with Gasteiger partial charge < -0.3 is 14.6 Å². The van der Waals surface area contributed by atoms with Gasteiger partial charge in [-0.05, 0) is 0 Å². The number of ether oxygens (including phenoxy) is 2. The van der Waals surface area contributed by atoms with Crippen molar-refractivity contribution < 1.29 is 28.7 Å². The summed E-state index contributed by atoms with van der Waals surface area (Å²) in [5, 5.41) is 19.6. The van der Waals surface area contributed by atoms with E-state index in [1.54, 1.807) is 0 Å². The molecule has 0 heterocycles. The van der Waals surface area contributed by atoms with Gasteiger partial charge in [0.25, 0.3) is 0 Å². The number of nitro groups is 1. The maximum absolute atomic E-state index is 13.1. The van der Waals surface area contributed by atoms with Crippen LogP contribution in [-0.4, -0.2) is 29.7 Å². The first-order valence-corrected chi connectivity index (χ1v) is 4.32. The fraction of sp³-hybridized carbons (Fsp3) is 0.222. The molecule has 0 fully saturated rings. The van der Waals surface area contributed by atoms with Crippen molar-refractivity contribution in [3.05, 3.63) is 28.1 Å². The van der Waals surface area contributed by atoms with Crippen molar-refractivity contribution >= 4 is 11.7 Å². The molecular formula is C9H8FNO6. The second-order valence-corrected chi connectivity index (χ2v) is 2.89. The number of methoxy groups -OCH3 is 1. The molecule has 8 heteroatoms. The molecule has 0 aromatic heterocycles. The summed E-state index contributed by atoms with van der Waals surface area (Å²) >= 11 is 0. The summed E-state index contributed by atoms with van der Waals surface area (Å²) in [6.07, 6.45) is 0. The molecule has 92 valence electrons. The lowest BCUT2D eigenvalue weighted by Crippen LogP contribution is -2.12. The first-order valence-electron chi connectivity index (χ1n) is 4.32. The predicted octanol–water partition coefficient (Wildman–Crippen LogP) is 0.991. The van der Waals surface area contributed by atoms with Gasteiger partial charge in [0.1, 0.15) is 0 Å². The van der Waals surface area contributed by atoms with E-state index < -0.39 is 34.8 Å². The average molecular weight is 245 g/mol. The molecular weight excluding hydrogens is 237 g/mol. The van der Waals surface area contributed by atoms with Crippen LogP contribution in [0.25, 0.3) is 0 Å². The van der Waals surface area contributed by atoms with E-state index in [0.29, 0.717) is 12.1 Å². The second-order valence-electron chi connectivity index (χ2n) is 2.89. The highest BCUT2D eigenvalue weighted by Crippen LogP contribution is 2.32. The molecule has 17 heavy (non-hydrogen) atoms. The van der Waals surface area contributed by atoms with Gasteiger partial charge in [-0.2, -0.15) is 4.39 Å². The van der Waals surface area contributed by atoms with Gasteiger partial charge in [-0.3, -0.25) is 10.1 Å². The number of aromatic hydroxyl groups is 1. The highest BCUT2D eigenvalue weighted by Gasteiger charge is 2.19.